The molecule has 2 aliphatic carbocycles. The number of fused-ring (bicyclic) bond motifs is 1. The molecule has 0 radical (unpaired) electrons. The van der Waals surface area contributed by atoms with E-state index in [-0.39, 0.29) is 11.6 Å². The Balaban J connectivity index is 1.80. The van der Waals surface area contributed by atoms with Crippen LogP contribution < -0.4 is 0 Å². The first-order valence-electron chi connectivity index (χ1n) is 9.93. The number of aliphatic hydroxyl groups excluding tert-OH is 1. The van der Waals surface area contributed by atoms with Gasteiger partial charge in [-0.05, 0) is 73.9 Å². The third kappa shape index (κ3) is 3.35. The van der Waals surface area contributed by atoms with Gasteiger partial charge in [0.2, 0.25) is 0 Å². The summed E-state index contributed by atoms with van der Waals surface area (Å²) in [5, 5.41) is 11.1. The van der Waals surface area contributed by atoms with Crippen molar-refractivity contribution < 1.29 is 14.3 Å². The third-order valence-electron chi connectivity index (χ3n) is 6.31. The van der Waals surface area contributed by atoms with Crippen LogP contribution in [0.4, 0.5) is 4.39 Å². The molecule has 2 aliphatic rings. The number of carbonyl (C=O) groups excluding carboxylic acids is 1. The predicted octanol–water partition coefficient (Wildman–Crippen LogP) is 5.27. The number of carbonyl (C=O) groups is 1. The molecule has 2 atom stereocenters. The molecule has 0 aliphatic heterocycles. The Hall–Kier alpha value is -2.52. The lowest BCUT2D eigenvalue weighted by molar-refractivity contribution is -0.113. The molecular formula is C25H25FO2. The van der Waals surface area contributed by atoms with E-state index in [2.05, 4.69) is 12.1 Å². The molecule has 4 rings (SSSR count). The quantitative estimate of drug-likeness (QED) is 0.741. The summed E-state index contributed by atoms with van der Waals surface area (Å²) >= 11 is 0. The summed E-state index contributed by atoms with van der Waals surface area (Å²) in [6, 6.07) is 16.4. The molecule has 0 heterocycles. The molecule has 28 heavy (non-hydrogen) atoms. The van der Waals surface area contributed by atoms with E-state index in [0.29, 0.717) is 12.0 Å². The Morgan fingerprint density at radius 1 is 1.14 bits per heavy atom. The molecule has 144 valence electrons. The molecule has 3 heteroatoms. The number of benzene rings is 2. The van der Waals surface area contributed by atoms with E-state index in [9.17, 15) is 14.3 Å². The third-order valence-corrected chi connectivity index (χ3v) is 6.31. The number of Topliss-reactive ketones (excluding diaryl/α,β-unsaturated/α-hetero) is 1. The number of hydrogen-bond donors (Lipinski definition) is 1. The van der Waals surface area contributed by atoms with Crippen molar-refractivity contribution in [3.63, 3.8) is 0 Å². The van der Waals surface area contributed by atoms with Gasteiger partial charge in [0.25, 0.3) is 0 Å². The van der Waals surface area contributed by atoms with Gasteiger partial charge in [0.15, 0.2) is 5.78 Å². The lowest BCUT2D eigenvalue weighted by atomic mass is 9.57. The Bertz CT molecular complexity index is 940. The second-order valence-corrected chi connectivity index (χ2v) is 8.06. The van der Waals surface area contributed by atoms with E-state index in [4.69, 9.17) is 0 Å². The number of hydrogen-bond acceptors (Lipinski definition) is 2. The molecule has 0 bridgehead atoms. The molecule has 2 nitrogen and oxygen atoms in total. The smallest absolute Gasteiger partial charge is 0.184 e. The minimum Gasteiger partial charge on any atom is -0.392 e. The first kappa shape index (κ1) is 18.8. The molecule has 0 unspecified atom stereocenters. The van der Waals surface area contributed by atoms with E-state index in [1.54, 1.807) is 12.1 Å². The summed E-state index contributed by atoms with van der Waals surface area (Å²) in [7, 11) is 0. The van der Waals surface area contributed by atoms with Gasteiger partial charge >= 0.3 is 0 Å². The van der Waals surface area contributed by atoms with Gasteiger partial charge in [-0.2, -0.15) is 0 Å². The Kier molecular flexibility index (Phi) is 5.03. The highest BCUT2D eigenvalue weighted by Crippen LogP contribution is 2.52. The summed E-state index contributed by atoms with van der Waals surface area (Å²) in [6.45, 7) is 1.90. The van der Waals surface area contributed by atoms with Gasteiger partial charge in [-0.3, -0.25) is 4.79 Å². The maximum atomic E-state index is 13.3. The van der Waals surface area contributed by atoms with Gasteiger partial charge in [0.1, 0.15) is 5.82 Å². The largest absolute Gasteiger partial charge is 0.392 e. The van der Waals surface area contributed by atoms with Crippen molar-refractivity contribution in [1.29, 1.82) is 0 Å². The van der Waals surface area contributed by atoms with Crippen LogP contribution in [0.5, 0.6) is 0 Å². The van der Waals surface area contributed by atoms with Crippen LogP contribution in [0.1, 0.15) is 43.7 Å². The maximum Gasteiger partial charge on any atom is 0.184 e. The van der Waals surface area contributed by atoms with Gasteiger partial charge in [-0.1, -0.05) is 48.0 Å². The summed E-state index contributed by atoms with van der Waals surface area (Å²) in [5.41, 5.74) is 4.13. The van der Waals surface area contributed by atoms with Crippen molar-refractivity contribution in [2.75, 3.05) is 0 Å². The highest BCUT2D eigenvalue weighted by molar-refractivity contribution is 6.12. The van der Waals surface area contributed by atoms with Crippen LogP contribution >= 0.6 is 0 Å². The van der Waals surface area contributed by atoms with Gasteiger partial charge in [0.05, 0.1) is 6.10 Å². The SMILES string of the molecule is CC1=C2CCC[C@H](O)[C@@]2(Cc2ccccc2)CC(=Cc2ccc(F)cc2)C1=O. The van der Waals surface area contributed by atoms with Gasteiger partial charge in [-0.15, -0.1) is 0 Å². The monoisotopic (exact) mass is 376 g/mol. The molecule has 2 aromatic rings. The van der Waals surface area contributed by atoms with Gasteiger partial charge in [0, 0.05) is 11.0 Å². The van der Waals surface area contributed by atoms with Crippen LogP contribution in [0.15, 0.2) is 71.3 Å². The first-order chi connectivity index (χ1) is 13.5. The van der Waals surface area contributed by atoms with Crippen LogP contribution in [0.3, 0.4) is 0 Å². The minimum atomic E-state index is -0.476. The fraction of sp³-hybridized carbons (Fsp3) is 0.320. The topological polar surface area (TPSA) is 37.3 Å². The highest BCUT2D eigenvalue weighted by atomic mass is 19.1. The number of ketones is 1. The van der Waals surface area contributed by atoms with Crippen LogP contribution in [0.2, 0.25) is 0 Å². The van der Waals surface area contributed by atoms with E-state index in [1.165, 1.54) is 17.7 Å². The molecule has 1 saturated carbocycles. The average Bonchev–Trinajstić information content (AvgIpc) is 2.70. The molecule has 1 N–H and O–H groups in total. The molecule has 0 spiro atoms. The lowest BCUT2D eigenvalue weighted by Crippen LogP contribution is -2.46. The Labute approximate surface area is 165 Å². The van der Waals surface area contributed by atoms with Crippen molar-refractivity contribution in [2.45, 2.75) is 45.1 Å². The van der Waals surface area contributed by atoms with E-state index >= 15 is 0 Å². The standard InChI is InChI=1S/C25H25FO2/c1-17-22-8-5-9-23(27)25(22,15-19-6-3-2-4-7-19)16-20(24(17)28)14-18-10-12-21(26)13-11-18/h2-4,6-7,10-14,23,27H,5,8-9,15-16H2,1H3/t23-,25-/m0/s1. The van der Waals surface area contributed by atoms with Crippen LogP contribution in [0.25, 0.3) is 6.08 Å². The average molecular weight is 376 g/mol. The zero-order valence-corrected chi connectivity index (χ0v) is 16.1. The maximum absolute atomic E-state index is 13.3. The van der Waals surface area contributed by atoms with Crippen molar-refractivity contribution >= 4 is 11.9 Å². The van der Waals surface area contributed by atoms with Gasteiger partial charge < -0.3 is 5.11 Å². The van der Waals surface area contributed by atoms with E-state index < -0.39 is 11.5 Å². The van der Waals surface area contributed by atoms with Gasteiger partial charge in [-0.25, -0.2) is 4.39 Å². The molecular weight excluding hydrogens is 351 g/mol. The number of halogens is 1. The normalized spacial score (nSPS) is 26.5. The van der Waals surface area contributed by atoms with E-state index in [1.807, 2.05) is 31.2 Å². The second kappa shape index (κ2) is 7.48. The zero-order valence-electron chi connectivity index (χ0n) is 16.1. The first-order valence-corrected chi connectivity index (χ1v) is 9.93. The Morgan fingerprint density at radius 3 is 2.57 bits per heavy atom. The minimum absolute atomic E-state index is 0.0529. The second-order valence-electron chi connectivity index (χ2n) is 8.06. The molecule has 2 aromatic carbocycles. The number of aliphatic hydroxyl groups is 1. The van der Waals surface area contributed by atoms with Crippen LogP contribution in [0, 0.1) is 11.2 Å². The van der Waals surface area contributed by atoms with Crippen molar-refractivity contribution in [3.05, 3.63) is 88.3 Å². The van der Waals surface area contributed by atoms with Crippen LogP contribution in [-0.4, -0.2) is 17.0 Å². The Morgan fingerprint density at radius 2 is 1.86 bits per heavy atom. The van der Waals surface area contributed by atoms with Crippen molar-refractivity contribution in [3.8, 4) is 0 Å². The molecule has 0 amide bonds. The molecule has 0 aromatic heterocycles. The number of rotatable bonds is 3. The summed E-state index contributed by atoms with van der Waals surface area (Å²) in [6.07, 6.45) is 5.15. The summed E-state index contributed by atoms with van der Waals surface area (Å²) in [5.74, 6) is -0.240. The van der Waals surface area contributed by atoms with E-state index in [0.717, 1.165) is 42.4 Å². The molecule has 0 saturated heterocycles. The fourth-order valence-electron chi connectivity index (χ4n) is 4.91. The summed E-state index contributed by atoms with van der Waals surface area (Å²) < 4.78 is 13.3. The molecule has 1 fully saturated rings. The zero-order chi connectivity index (χ0) is 19.7. The van der Waals surface area contributed by atoms with Crippen molar-refractivity contribution in [1.82, 2.24) is 0 Å². The lowest BCUT2D eigenvalue weighted by Gasteiger charge is -2.48. The summed E-state index contributed by atoms with van der Waals surface area (Å²) in [4.78, 5) is 13.1. The number of allylic oxidation sites excluding steroid dienone is 2. The predicted molar refractivity (Wildman–Crippen MR) is 109 cm³/mol. The van der Waals surface area contributed by atoms with Crippen molar-refractivity contribution in [2.24, 2.45) is 5.41 Å². The fourth-order valence-corrected chi connectivity index (χ4v) is 4.91. The van der Waals surface area contributed by atoms with Crippen LogP contribution in [-0.2, 0) is 11.2 Å². The highest BCUT2D eigenvalue weighted by Gasteiger charge is 2.48.